The van der Waals surface area contributed by atoms with Crippen molar-refractivity contribution in [2.75, 3.05) is 33.2 Å². The number of aromatic nitrogens is 4. The van der Waals surface area contributed by atoms with Gasteiger partial charge in [0.25, 0.3) is 5.88 Å². The number of ether oxygens (including phenoxy) is 1. The molecule has 41 heavy (non-hydrogen) atoms. The maximum Gasteiger partial charge on any atom is 0.251 e. The van der Waals surface area contributed by atoms with Gasteiger partial charge in [0, 0.05) is 51.8 Å². The van der Waals surface area contributed by atoms with Crippen molar-refractivity contribution in [3.8, 4) is 23.0 Å². The Morgan fingerprint density at radius 1 is 0.951 bits per heavy atom. The Hall–Kier alpha value is -4.34. The second-order valence-electron chi connectivity index (χ2n) is 10.9. The molecule has 0 amide bonds. The van der Waals surface area contributed by atoms with E-state index in [2.05, 4.69) is 44.8 Å². The average molecular weight is 551 g/mol. The van der Waals surface area contributed by atoms with Gasteiger partial charge in [0.2, 0.25) is 0 Å². The van der Waals surface area contributed by atoms with E-state index in [1.54, 1.807) is 24.9 Å². The van der Waals surface area contributed by atoms with E-state index < -0.39 is 0 Å². The van der Waals surface area contributed by atoms with Crippen molar-refractivity contribution in [2.45, 2.75) is 26.8 Å². The van der Waals surface area contributed by atoms with Gasteiger partial charge < -0.3 is 18.6 Å². The Labute approximate surface area is 239 Å². The van der Waals surface area contributed by atoms with Crippen LogP contribution in [-0.4, -0.2) is 68.3 Å². The van der Waals surface area contributed by atoms with Gasteiger partial charge >= 0.3 is 0 Å². The maximum absolute atomic E-state index is 13.4. The van der Waals surface area contributed by atoms with E-state index in [0.717, 1.165) is 60.5 Å². The molecule has 0 N–H and O–H groups in total. The van der Waals surface area contributed by atoms with E-state index >= 15 is 0 Å². The third-order valence-corrected chi connectivity index (χ3v) is 7.85. The predicted octanol–water partition coefficient (Wildman–Crippen LogP) is 5.21. The molecule has 1 aliphatic heterocycles. The Morgan fingerprint density at radius 3 is 2.54 bits per heavy atom. The van der Waals surface area contributed by atoms with Gasteiger partial charge in [-0.3, -0.25) is 9.69 Å². The van der Waals surface area contributed by atoms with Crippen LogP contribution in [0.4, 0.5) is 0 Å². The van der Waals surface area contributed by atoms with Crippen LogP contribution in [0.1, 0.15) is 32.6 Å². The van der Waals surface area contributed by atoms with Gasteiger partial charge in [0.1, 0.15) is 12.0 Å². The van der Waals surface area contributed by atoms with Crippen molar-refractivity contribution in [3.63, 3.8) is 0 Å². The summed E-state index contributed by atoms with van der Waals surface area (Å²) in [5.41, 5.74) is 7.06. The molecule has 0 aliphatic carbocycles. The fourth-order valence-electron chi connectivity index (χ4n) is 5.15. The quantitative estimate of drug-likeness (QED) is 0.244. The third-order valence-electron chi connectivity index (χ3n) is 7.85. The summed E-state index contributed by atoms with van der Waals surface area (Å²) in [6.45, 7) is 9.34. The van der Waals surface area contributed by atoms with Crippen LogP contribution >= 0.6 is 0 Å². The van der Waals surface area contributed by atoms with Gasteiger partial charge in [-0.2, -0.15) is 4.98 Å². The number of likely N-dealkylation sites (N-methyl/N-ethyl adjacent to an activating group) is 1. The predicted molar refractivity (Wildman–Crippen MR) is 157 cm³/mol. The van der Waals surface area contributed by atoms with Crippen LogP contribution in [0.5, 0.6) is 11.6 Å². The van der Waals surface area contributed by atoms with Crippen LogP contribution in [0.2, 0.25) is 0 Å². The van der Waals surface area contributed by atoms with Crippen LogP contribution in [-0.2, 0) is 20.0 Å². The van der Waals surface area contributed by atoms with Gasteiger partial charge in [0.05, 0.1) is 18.2 Å². The summed E-state index contributed by atoms with van der Waals surface area (Å²) in [6.07, 6.45) is 5.14. The van der Waals surface area contributed by atoms with Crippen LogP contribution < -0.4 is 4.74 Å². The highest BCUT2D eigenvalue weighted by atomic mass is 16.5. The lowest BCUT2D eigenvalue weighted by Crippen LogP contribution is -2.43. The fourth-order valence-corrected chi connectivity index (χ4v) is 5.15. The number of carbonyl (C=O) groups is 1. The molecule has 5 aromatic rings. The summed E-state index contributed by atoms with van der Waals surface area (Å²) >= 11 is 0. The molecule has 0 atom stereocenters. The first-order chi connectivity index (χ1) is 19.8. The number of hydrogen-bond donors (Lipinski definition) is 0. The standard InChI is InChI=1S/C32H34N6O3/c1-21-5-8-27(41-32-29-31(37(4)20-33-29)34-30(35-32)25-9-14-40-19-25)16-26(21)17-28(39)23-6-7-24(22(2)15-23)18-38-12-10-36(3)11-13-38/h5-9,14-16,19-20H,10-13,17-18H2,1-4H3. The summed E-state index contributed by atoms with van der Waals surface area (Å²) in [6, 6.07) is 13.7. The number of imidazole rings is 1. The molecule has 9 heteroatoms. The molecule has 1 aliphatic rings. The molecule has 0 unspecified atom stereocenters. The summed E-state index contributed by atoms with van der Waals surface area (Å²) < 4.78 is 13.3. The number of furan rings is 1. The number of benzene rings is 2. The molecule has 0 saturated carbocycles. The summed E-state index contributed by atoms with van der Waals surface area (Å²) in [4.78, 5) is 31.9. The number of ketones is 1. The second kappa shape index (κ2) is 11.3. The average Bonchev–Trinajstić information content (AvgIpc) is 3.63. The topological polar surface area (TPSA) is 89.5 Å². The molecule has 2 aromatic carbocycles. The number of piperazine rings is 1. The van der Waals surface area contributed by atoms with Gasteiger partial charge in [-0.1, -0.05) is 18.2 Å². The first-order valence-corrected chi connectivity index (χ1v) is 13.9. The minimum absolute atomic E-state index is 0.0795. The van der Waals surface area contributed by atoms with Gasteiger partial charge in [-0.25, -0.2) is 9.97 Å². The van der Waals surface area contributed by atoms with Crippen LogP contribution in [0, 0.1) is 13.8 Å². The van der Waals surface area contributed by atoms with Crippen molar-refractivity contribution in [1.82, 2.24) is 29.3 Å². The van der Waals surface area contributed by atoms with E-state index in [9.17, 15) is 4.79 Å². The Kier molecular flexibility index (Phi) is 7.38. The van der Waals surface area contributed by atoms with E-state index in [1.165, 1.54) is 5.56 Å². The molecule has 1 fully saturated rings. The first kappa shape index (κ1) is 26.9. The van der Waals surface area contributed by atoms with Crippen LogP contribution in [0.25, 0.3) is 22.6 Å². The number of nitrogens with zero attached hydrogens (tertiary/aromatic N) is 6. The number of rotatable bonds is 8. The lowest BCUT2D eigenvalue weighted by Gasteiger charge is -2.32. The number of fused-ring (bicyclic) bond motifs is 1. The van der Waals surface area contributed by atoms with Crippen molar-refractivity contribution in [3.05, 3.63) is 89.1 Å². The Bertz CT molecular complexity index is 1700. The molecule has 0 bridgehead atoms. The van der Waals surface area contributed by atoms with E-state index in [1.807, 2.05) is 48.9 Å². The molecular weight excluding hydrogens is 516 g/mol. The number of hydrogen-bond acceptors (Lipinski definition) is 8. The zero-order chi connectivity index (χ0) is 28.5. The summed E-state index contributed by atoms with van der Waals surface area (Å²) in [7, 11) is 4.04. The van der Waals surface area contributed by atoms with Gasteiger partial charge in [-0.05, 0) is 67.4 Å². The molecule has 9 nitrogen and oxygen atoms in total. The first-order valence-electron chi connectivity index (χ1n) is 13.9. The van der Waals surface area contributed by atoms with E-state index in [-0.39, 0.29) is 12.2 Å². The highest BCUT2D eigenvalue weighted by Crippen LogP contribution is 2.30. The van der Waals surface area contributed by atoms with Crippen molar-refractivity contribution in [1.29, 1.82) is 0 Å². The Morgan fingerprint density at radius 2 is 1.78 bits per heavy atom. The SMILES string of the molecule is Cc1ccc(Oc2nc(-c3ccoc3)nc3c2ncn3C)cc1CC(=O)c1ccc(CN2CCN(C)CC2)c(C)c1. The maximum atomic E-state index is 13.4. The molecule has 3 aromatic heterocycles. The highest BCUT2D eigenvalue weighted by Gasteiger charge is 2.18. The fraction of sp³-hybridized carbons (Fsp3) is 0.312. The molecule has 1 saturated heterocycles. The van der Waals surface area contributed by atoms with Gasteiger partial charge in [0.15, 0.2) is 22.8 Å². The number of carbonyl (C=O) groups excluding carboxylic acids is 1. The summed E-state index contributed by atoms with van der Waals surface area (Å²) in [5.74, 6) is 1.50. The lowest BCUT2D eigenvalue weighted by molar-refractivity contribution is 0.0992. The molecule has 4 heterocycles. The monoisotopic (exact) mass is 550 g/mol. The summed E-state index contributed by atoms with van der Waals surface area (Å²) in [5, 5.41) is 0. The Balaban J connectivity index is 1.20. The minimum atomic E-state index is 0.0795. The van der Waals surface area contributed by atoms with Crippen LogP contribution in [0.15, 0.2) is 65.7 Å². The third kappa shape index (κ3) is 5.77. The zero-order valence-corrected chi connectivity index (χ0v) is 23.9. The number of aryl methyl sites for hydroxylation is 3. The second-order valence-corrected chi connectivity index (χ2v) is 10.9. The number of Topliss-reactive ketones (excluding diaryl/α,β-unsaturated/α-hetero) is 1. The lowest BCUT2D eigenvalue weighted by atomic mass is 9.96. The molecule has 6 rings (SSSR count). The van der Waals surface area contributed by atoms with E-state index in [4.69, 9.17) is 9.15 Å². The van der Waals surface area contributed by atoms with Crippen molar-refractivity contribution >= 4 is 16.9 Å². The van der Waals surface area contributed by atoms with Crippen molar-refractivity contribution < 1.29 is 13.9 Å². The normalized spacial score (nSPS) is 14.5. The van der Waals surface area contributed by atoms with Gasteiger partial charge in [-0.15, -0.1) is 0 Å². The van der Waals surface area contributed by atoms with Crippen molar-refractivity contribution in [2.24, 2.45) is 7.05 Å². The van der Waals surface area contributed by atoms with Crippen LogP contribution in [0.3, 0.4) is 0 Å². The van der Waals surface area contributed by atoms with E-state index in [0.29, 0.717) is 28.6 Å². The molecule has 210 valence electrons. The largest absolute Gasteiger partial charge is 0.472 e. The smallest absolute Gasteiger partial charge is 0.251 e. The minimum Gasteiger partial charge on any atom is -0.472 e. The molecule has 0 spiro atoms. The molecular formula is C32H34N6O3. The highest BCUT2D eigenvalue weighted by molar-refractivity contribution is 5.98. The molecule has 0 radical (unpaired) electrons. The zero-order valence-electron chi connectivity index (χ0n) is 23.9.